The molecule has 1 heterocycles. The molecule has 0 N–H and O–H groups in total. The molecule has 0 radical (unpaired) electrons. The van der Waals surface area contributed by atoms with E-state index in [1.165, 1.54) is 76.2 Å². The zero-order valence-corrected chi connectivity index (χ0v) is 17.2. The van der Waals surface area contributed by atoms with Crippen molar-refractivity contribution in [2.24, 2.45) is 0 Å². The summed E-state index contributed by atoms with van der Waals surface area (Å²) in [5.74, 6) is 0. The van der Waals surface area contributed by atoms with Gasteiger partial charge in [-0.15, -0.1) is 0 Å². The Bertz CT molecular complexity index is 501. The highest BCUT2D eigenvalue weighted by Gasteiger charge is 2.19. The molecule has 0 aliphatic heterocycles. The van der Waals surface area contributed by atoms with Gasteiger partial charge in [-0.05, 0) is 6.42 Å². The van der Waals surface area contributed by atoms with Crippen LogP contribution in [0.5, 0.6) is 0 Å². The lowest BCUT2D eigenvalue weighted by molar-refractivity contribution is -0.714. The van der Waals surface area contributed by atoms with Crippen molar-refractivity contribution >= 4 is 0 Å². The van der Waals surface area contributed by atoms with Gasteiger partial charge in [-0.2, -0.15) is 4.57 Å². The van der Waals surface area contributed by atoms with E-state index < -0.39 is 0 Å². The molecule has 0 saturated carbocycles. The van der Waals surface area contributed by atoms with E-state index >= 15 is 0 Å². The summed E-state index contributed by atoms with van der Waals surface area (Å²) in [6.07, 6.45) is 19.6. The second-order valence-electron chi connectivity index (χ2n) is 7.22. The molecule has 2 heteroatoms. The highest BCUT2D eigenvalue weighted by molar-refractivity contribution is 5.17. The number of hydrogen-bond acceptors (Lipinski definition) is 0. The number of aromatic nitrogens is 1. The monoisotopic (exact) mass is 373 g/mol. The van der Waals surface area contributed by atoms with Crippen LogP contribution in [0.2, 0.25) is 0 Å². The van der Waals surface area contributed by atoms with Gasteiger partial charge < -0.3 is 12.4 Å². The minimum absolute atomic E-state index is 0. The van der Waals surface area contributed by atoms with Crippen molar-refractivity contribution in [3.63, 3.8) is 0 Å². The first-order chi connectivity index (χ1) is 12.4. The topological polar surface area (TPSA) is 3.88 Å². The lowest BCUT2D eigenvalue weighted by Gasteiger charge is -2.13. The molecule has 0 spiro atoms. The normalized spacial score (nSPS) is 11.7. The predicted molar refractivity (Wildman–Crippen MR) is 108 cm³/mol. The van der Waals surface area contributed by atoms with Gasteiger partial charge in [0.25, 0.3) is 0 Å². The Morgan fingerprint density at radius 1 is 0.654 bits per heavy atom. The van der Waals surface area contributed by atoms with Crippen LogP contribution in [-0.4, -0.2) is 0 Å². The minimum atomic E-state index is 0. The highest BCUT2D eigenvalue weighted by Crippen LogP contribution is 2.20. The fourth-order valence-electron chi connectivity index (χ4n) is 3.61. The second kappa shape index (κ2) is 14.8. The summed E-state index contributed by atoms with van der Waals surface area (Å²) in [6, 6.07) is 17.8. The van der Waals surface area contributed by atoms with Gasteiger partial charge in [0.15, 0.2) is 18.4 Å². The van der Waals surface area contributed by atoms with Gasteiger partial charge in [0.05, 0.1) is 0 Å². The second-order valence-corrected chi connectivity index (χ2v) is 7.22. The Balaban J connectivity index is 0.00000338. The summed E-state index contributed by atoms with van der Waals surface area (Å²) in [5.41, 5.74) is 1.43. The Kier molecular flexibility index (Phi) is 12.9. The lowest BCUT2D eigenvalue weighted by Crippen LogP contribution is -3.00. The highest BCUT2D eigenvalue weighted by atomic mass is 35.5. The number of pyridine rings is 1. The molecular weight excluding hydrogens is 338 g/mol. The maximum absolute atomic E-state index is 2.36. The molecule has 144 valence electrons. The van der Waals surface area contributed by atoms with Crippen molar-refractivity contribution < 1.29 is 17.0 Å². The quantitative estimate of drug-likeness (QED) is 0.370. The zero-order chi connectivity index (χ0) is 17.6. The van der Waals surface area contributed by atoms with Gasteiger partial charge in [0, 0.05) is 24.1 Å². The van der Waals surface area contributed by atoms with E-state index in [1.807, 2.05) is 0 Å². The van der Waals surface area contributed by atoms with E-state index in [2.05, 4.69) is 72.4 Å². The average molecular weight is 374 g/mol. The molecule has 1 atom stereocenters. The molecule has 0 saturated heterocycles. The van der Waals surface area contributed by atoms with E-state index in [0.717, 1.165) is 0 Å². The van der Waals surface area contributed by atoms with Crippen LogP contribution in [0, 0.1) is 0 Å². The van der Waals surface area contributed by atoms with Crippen LogP contribution >= 0.6 is 0 Å². The summed E-state index contributed by atoms with van der Waals surface area (Å²) in [5, 5.41) is 0. The van der Waals surface area contributed by atoms with Crippen LogP contribution in [0.4, 0.5) is 0 Å². The van der Waals surface area contributed by atoms with Gasteiger partial charge in [-0.25, -0.2) is 0 Å². The van der Waals surface area contributed by atoms with Crippen LogP contribution in [0.1, 0.15) is 89.2 Å². The molecule has 0 aliphatic carbocycles. The molecule has 2 rings (SSSR count). The van der Waals surface area contributed by atoms with Crippen molar-refractivity contribution in [3.8, 4) is 0 Å². The number of benzene rings is 1. The lowest BCUT2D eigenvalue weighted by atomic mass is 9.99. The molecule has 1 aromatic carbocycles. The molecule has 2 aromatic rings. The molecule has 0 aliphatic rings. The average Bonchev–Trinajstić information content (AvgIpc) is 2.67. The first kappa shape index (κ1) is 22.7. The molecular formula is C24H36ClN. The van der Waals surface area contributed by atoms with E-state index in [1.54, 1.807) is 0 Å². The molecule has 26 heavy (non-hydrogen) atoms. The first-order valence-electron chi connectivity index (χ1n) is 10.4. The minimum Gasteiger partial charge on any atom is -1.00 e. The Morgan fingerprint density at radius 3 is 1.73 bits per heavy atom. The van der Waals surface area contributed by atoms with Gasteiger partial charge in [-0.3, -0.25) is 0 Å². The van der Waals surface area contributed by atoms with Crippen molar-refractivity contribution in [2.75, 3.05) is 0 Å². The summed E-state index contributed by atoms with van der Waals surface area (Å²) in [7, 11) is 0. The first-order valence-corrected chi connectivity index (χ1v) is 10.4. The Hall–Kier alpha value is -1.34. The van der Waals surface area contributed by atoms with Crippen molar-refractivity contribution in [2.45, 2.75) is 83.6 Å². The van der Waals surface area contributed by atoms with Gasteiger partial charge in [0.2, 0.25) is 0 Å². The predicted octanol–water partition coefficient (Wildman–Crippen LogP) is 3.88. The number of hydrogen-bond donors (Lipinski definition) is 0. The molecule has 1 aromatic heterocycles. The third kappa shape index (κ3) is 8.85. The van der Waals surface area contributed by atoms with E-state index in [0.29, 0.717) is 6.04 Å². The number of unbranched alkanes of at least 4 members (excludes halogenated alkanes) is 9. The standard InChI is InChI=1S/C24H36N.ClH/c1-2-3-4-5-6-7-8-9-10-15-20-24(23-18-13-11-14-19-23)25-21-16-12-17-22-25;/h11-14,16-19,21-22,24H,2-10,15,20H2,1H3;1H/q+1;/p-1. The maximum atomic E-state index is 2.36. The fourth-order valence-corrected chi connectivity index (χ4v) is 3.61. The molecule has 0 amide bonds. The van der Waals surface area contributed by atoms with Gasteiger partial charge in [0.1, 0.15) is 0 Å². The van der Waals surface area contributed by atoms with Gasteiger partial charge in [-0.1, -0.05) is 101 Å². The SMILES string of the molecule is CCCCCCCCCCCCC(c1ccccc1)[n+]1ccccc1.[Cl-]. The molecule has 0 bridgehead atoms. The molecule has 1 nitrogen and oxygen atoms in total. The number of halogens is 1. The molecule has 0 fully saturated rings. The molecule has 1 unspecified atom stereocenters. The van der Waals surface area contributed by atoms with Crippen molar-refractivity contribution in [3.05, 3.63) is 66.5 Å². The Labute approximate surface area is 167 Å². The zero-order valence-electron chi connectivity index (χ0n) is 16.5. The van der Waals surface area contributed by atoms with Crippen LogP contribution in [0.25, 0.3) is 0 Å². The summed E-state index contributed by atoms with van der Waals surface area (Å²) >= 11 is 0. The third-order valence-corrected chi connectivity index (χ3v) is 5.11. The van der Waals surface area contributed by atoms with Crippen molar-refractivity contribution in [1.82, 2.24) is 0 Å². The van der Waals surface area contributed by atoms with Gasteiger partial charge >= 0.3 is 0 Å². The van der Waals surface area contributed by atoms with E-state index in [9.17, 15) is 0 Å². The summed E-state index contributed by atoms with van der Waals surface area (Å²) in [6.45, 7) is 2.29. The van der Waals surface area contributed by atoms with E-state index in [4.69, 9.17) is 0 Å². The van der Waals surface area contributed by atoms with Crippen LogP contribution in [0.15, 0.2) is 60.9 Å². The largest absolute Gasteiger partial charge is 1.00 e. The number of nitrogens with zero attached hydrogens (tertiary/aromatic N) is 1. The maximum Gasteiger partial charge on any atom is 0.183 e. The van der Waals surface area contributed by atoms with Crippen LogP contribution in [-0.2, 0) is 0 Å². The summed E-state index contributed by atoms with van der Waals surface area (Å²) in [4.78, 5) is 0. The van der Waals surface area contributed by atoms with Crippen molar-refractivity contribution in [1.29, 1.82) is 0 Å². The Morgan fingerprint density at radius 2 is 1.15 bits per heavy atom. The number of rotatable bonds is 13. The van der Waals surface area contributed by atoms with Crippen LogP contribution < -0.4 is 17.0 Å². The smallest absolute Gasteiger partial charge is 0.183 e. The summed E-state index contributed by atoms with van der Waals surface area (Å²) < 4.78 is 2.36. The fraction of sp³-hybridized carbons (Fsp3) is 0.542. The van der Waals surface area contributed by atoms with Crippen LogP contribution in [0.3, 0.4) is 0 Å². The third-order valence-electron chi connectivity index (χ3n) is 5.11. The van der Waals surface area contributed by atoms with E-state index in [-0.39, 0.29) is 12.4 Å².